The Hall–Kier alpha value is -2.37. The number of hydrogen-bond acceptors (Lipinski definition) is 5. The molecule has 190 valence electrons. The average molecular weight is 501 g/mol. The molecular formula is C27H36N2O5S. The zero-order valence-electron chi connectivity index (χ0n) is 21.1. The number of carbonyl (C=O) groups excluding carboxylic acids is 2. The Morgan fingerprint density at radius 1 is 1.17 bits per heavy atom. The first kappa shape index (κ1) is 25.7. The van der Waals surface area contributed by atoms with Crippen molar-refractivity contribution in [2.45, 2.75) is 78.3 Å². The maximum atomic E-state index is 14.0. The lowest BCUT2D eigenvalue weighted by Gasteiger charge is -2.34. The molecule has 3 aliphatic rings. The van der Waals surface area contributed by atoms with Crippen LogP contribution < -0.4 is 4.90 Å². The van der Waals surface area contributed by atoms with E-state index in [1.807, 2.05) is 25.7 Å². The summed E-state index contributed by atoms with van der Waals surface area (Å²) in [6, 6.07) is 1.03. The lowest BCUT2D eigenvalue weighted by Crippen LogP contribution is -2.50. The Morgan fingerprint density at radius 3 is 2.49 bits per heavy atom. The minimum atomic E-state index is -1.10. The van der Waals surface area contributed by atoms with Crippen molar-refractivity contribution in [1.29, 1.82) is 0 Å². The van der Waals surface area contributed by atoms with Crippen LogP contribution in [-0.2, 0) is 14.3 Å². The summed E-state index contributed by atoms with van der Waals surface area (Å²) in [5.41, 5.74) is 0.0693. The summed E-state index contributed by atoms with van der Waals surface area (Å²) >= 11 is 1.08. The molecule has 2 amide bonds. The molecule has 2 saturated heterocycles. The fraction of sp³-hybridized carbons (Fsp3) is 0.667. The summed E-state index contributed by atoms with van der Waals surface area (Å²) in [4.78, 5) is 43.8. The third kappa shape index (κ3) is 5.73. The van der Waals surface area contributed by atoms with E-state index in [0.29, 0.717) is 42.7 Å². The highest BCUT2D eigenvalue weighted by molar-refractivity contribution is 7.15. The van der Waals surface area contributed by atoms with Gasteiger partial charge in [0.1, 0.15) is 10.9 Å². The molecule has 0 unspecified atom stereocenters. The van der Waals surface area contributed by atoms with Gasteiger partial charge in [0, 0.05) is 24.5 Å². The number of ether oxygens (including phenoxy) is 1. The first-order valence-electron chi connectivity index (χ1n) is 12.7. The molecule has 1 N–H and O–H groups in total. The van der Waals surface area contributed by atoms with Gasteiger partial charge in [-0.15, -0.1) is 11.3 Å². The Bertz CT molecular complexity index is 1030. The number of amides is 2. The molecule has 1 saturated carbocycles. The van der Waals surface area contributed by atoms with Gasteiger partial charge in [0.2, 0.25) is 11.8 Å². The first-order valence-corrected chi connectivity index (χ1v) is 13.5. The van der Waals surface area contributed by atoms with Crippen LogP contribution in [0.2, 0.25) is 0 Å². The van der Waals surface area contributed by atoms with Crippen LogP contribution in [0.25, 0.3) is 0 Å². The molecule has 3 fully saturated rings. The third-order valence-corrected chi connectivity index (χ3v) is 8.23. The summed E-state index contributed by atoms with van der Waals surface area (Å²) in [6.07, 6.45) is 4.74. The zero-order valence-corrected chi connectivity index (χ0v) is 22.0. The van der Waals surface area contributed by atoms with Crippen LogP contribution in [0.1, 0.15) is 80.8 Å². The van der Waals surface area contributed by atoms with E-state index in [9.17, 15) is 19.5 Å². The highest BCUT2D eigenvalue weighted by Crippen LogP contribution is 2.38. The minimum absolute atomic E-state index is 0.0228. The second kappa shape index (κ2) is 10.3. The second-order valence-electron chi connectivity index (χ2n) is 11.1. The highest BCUT2D eigenvalue weighted by Gasteiger charge is 2.45. The fourth-order valence-electron chi connectivity index (χ4n) is 5.22. The Labute approximate surface area is 211 Å². The van der Waals surface area contributed by atoms with Crippen LogP contribution in [-0.4, -0.2) is 59.6 Å². The maximum Gasteiger partial charge on any atom is 0.348 e. The number of thiophene rings is 1. The van der Waals surface area contributed by atoms with E-state index in [0.717, 1.165) is 43.4 Å². The fourth-order valence-corrected chi connectivity index (χ4v) is 6.07. The SMILES string of the molecule is CC1CCC(C(=O)N(c2cc(C#CC(C)(C)C)sc2C(=O)O)[C@H]2CCN([C@H]3CCOC3)C2=O)CC1. The van der Waals surface area contributed by atoms with Gasteiger partial charge in [0.15, 0.2) is 0 Å². The predicted octanol–water partition coefficient (Wildman–Crippen LogP) is 4.39. The molecular weight excluding hydrogens is 464 g/mol. The second-order valence-corrected chi connectivity index (χ2v) is 12.2. The van der Waals surface area contributed by atoms with Crippen molar-refractivity contribution in [1.82, 2.24) is 4.90 Å². The van der Waals surface area contributed by atoms with Gasteiger partial charge in [0.25, 0.3) is 0 Å². The van der Waals surface area contributed by atoms with Gasteiger partial charge in [-0.3, -0.25) is 14.5 Å². The van der Waals surface area contributed by atoms with E-state index < -0.39 is 12.0 Å². The Morgan fingerprint density at radius 2 is 1.89 bits per heavy atom. The number of carboxylic acids is 1. The monoisotopic (exact) mass is 500 g/mol. The molecule has 1 aromatic heterocycles. The molecule has 0 bridgehead atoms. The van der Waals surface area contributed by atoms with Crippen molar-refractivity contribution in [3.63, 3.8) is 0 Å². The summed E-state index contributed by atoms with van der Waals surface area (Å²) < 4.78 is 5.49. The van der Waals surface area contributed by atoms with Crippen molar-refractivity contribution in [3.8, 4) is 11.8 Å². The van der Waals surface area contributed by atoms with Gasteiger partial charge in [-0.05, 0) is 71.3 Å². The first-order chi connectivity index (χ1) is 16.5. The van der Waals surface area contributed by atoms with E-state index in [1.165, 1.54) is 4.90 Å². The molecule has 3 heterocycles. The van der Waals surface area contributed by atoms with Crippen LogP contribution in [0.4, 0.5) is 5.69 Å². The van der Waals surface area contributed by atoms with Gasteiger partial charge < -0.3 is 14.7 Å². The van der Waals surface area contributed by atoms with Crippen molar-refractivity contribution < 1.29 is 24.2 Å². The van der Waals surface area contributed by atoms with E-state index in [4.69, 9.17) is 4.74 Å². The number of likely N-dealkylation sites (tertiary alicyclic amines) is 1. The molecule has 0 aromatic carbocycles. The summed E-state index contributed by atoms with van der Waals surface area (Å²) in [7, 11) is 0. The van der Waals surface area contributed by atoms with Crippen molar-refractivity contribution in [2.24, 2.45) is 17.3 Å². The average Bonchev–Trinajstić information content (AvgIpc) is 3.53. The molecule has 8 heteroatoms. The van der Waals surface area contributed by atoms with E-state index in [1.54, 1.807) is 6.07 Å². The molecule has 4 rings (SSSR count). The lowest BCUT2D eigenvalue weighted by atomic mass is 9.82. The zero-order chi connectivity index (χ0) is 25.3. The van der Waals surface area contributed by atoms with Crippen LogP contribution in [0, 0.1) is 29.1 Å². The Balaban J connectivity index is 1.72. The molecule has 2 atom stereocenters. The van der Waals surface area contributed by atoms with Crippen LogP contribution in [0.15, 0.2) is 6.07 Å². The van der Waals surface area contributed by atoms with E-state index in [-0.39, 0.29) is 34.1 Å². The van der Waals surface area contributed by atoms with Crippen molar-refractivity contribution in [3.05, 3.63) is 15.8 Å². The van der Waals surface area contributed by atoms with Gasteiger partial charge >= 0.3 is 5.97 Å². The number of hydrogen-bond donors (Lipinski definition) is 1. The standard InChI is InChI=1S/C27H36N2O5S/c1-17-5-7-18(8-6-17)24(30)29(21-10-13-28(25(21)31)19-11-14-34-16-19)22-15-20(9-12-27(2,3)4)35-23(22)26(32)33/h15,17-19,21H,5-8,10-11,13-14,16H2,1-4H3,(H,32,33)/t17?,18?,19-,21-/m0/s1. The molecule has 1 aliphatic carbocycles. The Kier molecular flexibility index (Phi) is 7.58. The minimum Gasteiger partial charge on any atom is -0.477 e. The number of anilines is 1. The van der Waals surface area contributed by atoms with Gasteiger partial charge in [-0.1, -0.05) is 18.8 Å². The topological polar surface area (TPSA) is 87.2 Å². The molecule has 2 aliphatic heterocycles. The molecule has 1 aromatic rings. The van der Waals surface area contributed by atoms with E-state index >= 15 is 0 Å². The van der Waals surface area contributed by atoms with Crippen LogP contribution in [0.5, 0.6) is 0 Å². The smallest absolute Gasteiger partial charge is 0.348 e. The normalized spacial score (nSPS) is 27.0. The van der Waals surface area contributed by atoms with Gasteiger partial charge in [-0.2, -0.15) is 0 Å². The number of nitrogens with zero attached hydrogens (tertiary/aromatic N) is 2. The predicted molar refractivity (Wildman–Crippen MR) is 136 cm³/mol. The van der Waals surface area contributed by atoms with Gasteiger partial charge in [-0.25, -0.2) is 4.79 Å². The quantitative estimate of drug-likeness (QED) is 0.606. The van der Waals surface area contributed by atoms with Crippen LogP contribution in [0.3, 0.4) is 0 Å². The van der Waals surface area contributed by atoms with Crippen molar-refractivity contribution in [2.75, 3.05) is 24.7 Å². The third-order valence-electron chi connectivity index (χ3n) is 7.20. The molecule has 0 radical (unpaired) electrons. The number of aromatic carboxylic acids is 1. The van der Waals surface area contributed by atoms with E-state index in [2.05, 4.69) is 18.8 Å². The summed E-state index contributed by atoms with van der Waals surface area (Å²) in [6.45, 7) is 9.86. The maximum absolute atomic E-state index is 14.0. The lowest BCUT2D eigenvalue weighted by molar-refractivity contribution is -0.133. The van der Waals surface area contributed by atoms with Gasteiger partial charge in [0.05, 0.1) is 23.2 Å². The highest BCUT2D eigenvalue weighted by atomic mass is 32.1. The summed E-state index contributed by atoms with van der Waals surface area (Å²) in [5, 5.41) is 10.0. The molecule has 35 heavy (non-hydrogen) atoms. The number of carboxylic acid groups (broad SMARTS) is 1. The largest absolute Gasteiger partial charge is 0.477 e. The number of carbonyl (C=O) groups is 3. The number of rotatable bonds is 5. The summed E-state index contributed by atoms with van der Waals surface area (Å²) in [5.74, 6) is 5.28. The van der Waals surface area contributed by atoms with Crippen LogP contribution >= 0.6 is 11.3 Å². The molecule has 0 spiro atoms. The van der Waals surface area contributed by atoms with Crippen molar-refractivity contribution >= 4 is 34.8 Å². The molecule has 7 nitrogen and oxygen atoms in total.